The fourth-order valence-electron chi connectivity index (χ4n) is 1.65. The minimum atomic E-state index is -3.77. The number of thiazole rings is 1. The van der Waals surface area contributed by atoms with Gasteiger partial charge in [-0.1, -0.05) is 17.7 Å². The van der Waals surface area contributed by atoms with Gasteiger partial charge in [0.05, 0.1) is 18.0 Å². The summed E-state index contributed by atoms with van der Waals surface area (Å²) in [6.45, 7) is 1.11. The Morgan fingerprint density at radius 2 is 1.83 bits per heavy atom. The van der Waals surface area contributed by atoms with Crippen molar-refractivity contribution in [2.45, 2.75) is 11.8 Å². The van der Waals surface area contributed by atoms with E-state index in [0.717, 1.165) is 5.56 Å². The Hall–Kier alpha value is -2.30. The predicted octanol–water partition coefficient (Wildman–Crippen LogP) is 0.485. The SMILES string of the molecule is Cc1ccc(S(=O)(=O)NCC(=O)NCC(=O)Nc2nccs2)cc1. The van der Waals surface area contributed by atoms with Gasteiger partial charge in [-0.3, -0.25) is 9.59 Å². The van der Waals surface area contributed by atoms with Gasteiger partial charge in [-0.2, -0.15) is 0 Å². The Morgan fingerprint density at radius 3 is 2.46 bits per heavy atom. The molecule has 0 atom stereocenters. The molecule has 2 amide bonds. The molecule has 2 rings (SSSR count). The van der Waals surface area contributed by atoms with Crippen LogP contribution < -0.4 is 15.4 Å². The number of rotatable bonds is 7. The molecular weight excluding hydrogens is 352 g/mol. The summed E-state index contributed by atoms with van der Waals surface area (Å²) < 4.78 is 26.2. The fraction of sp³-hybridized carbons (Fsp3) is 0.214. The van der Waals surface area contributed by atoms with E-state index in [9.17, 15) is 18.0 Å². The van der Waals surface area contributed by atoms with Crippen LogP contribution in [-0.4, -0.2) is 38.3 Å². The van der Waals surface area contributed by atoms with Crippen LogP contribution in [0.3, 0.4) is 0 Å². The van der Waals surface area contributed by atoms with Crippen molar-refractivity contribution >= 4 is 38.3 Å². The molecule has 1 heterocycles. The summed E-state index contributed by atoms with van der Waals surface area (Å²) in [6.07, 6.45) is 1.54. The average molecular weight is 368 g/mol. The molecule has 0 aliphatic carbocycles. The Kier molecular flexibility index (Phi) is 6.01. The van der Waals surface area contributed by atoms with E-state index in [1.165, 1.54) is 23.5 Å². The second kappa shape index (κ2) is 7.99. The number of benzene rings is 1. The first-order chi connectivity index (χ1) is 11.4. The number of carbonyl (C=O) groups is 2. The van der Waals surface area contributed by atoms with Gasteiger partial charge in [-0.25, -0.2) is 18.1 Å². The van der Waals surface area contributed by atoms with Crippen molar-refractivity contribution in [1.29, 1.82) is 0 Å². The first-order valence-corrected chi connectivity index (χ1v) is 9.25. The lowest BCUT2D eigenvalue weighted by Gasteiger charge is -2.08. The van der Waals surface area contributed by atoms with Crippen molar-refractivity contribution in [2.75, 3.05) is 18.4 Å². The molecule has 3 N–H and O–H groups in total. The second-order valence-corrected chi connectivity index (χ2v) is 7.46. The zero-order valence-electron chi connectivity index (χ0n) is 12.8. The number of amides is 2. The van der Waals surface area contributed by atoms with Gasteiger partial charge in [0.25, 0.3) is 0 Å². The van der Waals surface area contributed by atoms with Crippen molar-refractivity contribution in [2.24, 2.45) is 0 Å². The average Bonchev–Trinajstić information content (AvgIpc) is 3.04. The lowest BCUT2D eigenvalue weighted by molar-refractivity contribution is -0.123. The molecule has 1 aromatic heterocycles. The van der Waals surface area contributed by atoms with Crippen LogP contribution in [0.4, 0.5) is 5.13 Å². The molecule has 0 aliphatic heterocycles. The monoisotopic (exact) mass is 368 g/mol. The molecule has 8 nitrogen and oxygen atoms in total. The van der Waals surface area contributed by atoms with Gasteiger partial charge in [-0.05, 0) is 19.1 Å². The molecule has 0 saturated heterocycles. The molecule has 24 heavy (non-hydrogen) atoms. The zero-order chi connectivity index (χ0) is 17.6. The summed E-state index contributed by atoms with van der Waals surface area (Å²) in [7, 11) is -3.77. The number of nitrogens with one attached hydrogen (secondary N) is 3. The zero-order valence-corrected chi connectivity index (χ0v) is 14.4. The van der Waals surface area contributed by atoms with Crippen molar-refractivity contribution in [3.05, 3.63) is 41.4 Å². The Morgan fingerprint density at radius 1 is 1.12 bits per heavy atom. The minimum Gasteiger partial charge on any atom is -0.346 e. The van der Waals surface area contributed by atoms with Gasteiger partial charge in [-0.15, -0.1) is 11.3 Å². The highest BCUT2D eigenvalue weighted by Crippen LogP contribution is 2.10. The molecule has 0 radical (unpaired) electrons. The predicted molar refractivity (Wildman–Crippen MR) is 90.1 cm³/mol. The molecule has 0 fully saturated rings. The van der Waals surface area contributed by atoms with E-state index >= 15 is 0 Å². The topological polar surface area (TPSA) is 117 Å². The minimum absolute atomic E-state index is 0.0717. The number of hydrogen-bond acceptors (Lipinski definition) is 6. The molecule has 10 heteroatoms. The van der Waals surface area contributed by atoms with Crippen LogP contribution in [-0.2, 0) is 19.6 Å². The van der Waals surface area contributed by atoms with Crippen molar-refractivity contribution in [3.8, 4) is 0 Å². The normalized spacial score (nSPS) is 11.0. The van der Waals surface area contributed by atoms with E-state index in [1.54, 1.807) is 23.7 Å². The van der Waals surface area contributed by atoms with Gasteiger partial charge in [0.1, 0.15) is 0 Å². The van der Waals surface area contributed by atoms with E-state index in [2.05, 4.69) is 20.3 Å². The molecule has 0 bridgehead atoms. The van der Waals surface area contributed by atoms with Crippen LogP contribution in [0.5, 0.6) is 0 Å². The molecular formula is C14H16N4O4S2. The first kappa shape index (κ1) is 18.0. The van der Waals surface area contributed by atoms with E-state index in [0.29, 0.717) is 5.13 Å². The largest absolute Gasteiger partial charge is 0.346 e. The molecule has 128 valence electrons. The lowest BCUT2D eigenvalue weighted by Crippen LogP contribution is -2.40. The number of sulfonamides is 1. The summed E-state index contributed by atoms with van der Waals surface area (Å²) in [5, 5.41) is 6.95. The van der Waals surface area contributed by atoms with Gasteiger partial charge in [0.15, 0.2) is 5.13 Å². The van der Waals surface area contributed by atoms with E-state index in [1.807, 2.05) is 6.92 Å². The third-order valence-corrected chi connectivity index (χ3v) is 4.98. The van der Waals surface area contributed by atoms with Gasteiger partial charge in [0, 0.05) is 11.6 Å². The third kappa shape index (κ3) is 5.41. The van der Waals surface area contributed by atoms with Crippen LogP contribution in [0.1, 0.15) is 5.56 Å². The maximum Gasteiger partial charge on any atom is 0.245 e. The number of nitrogens with zero attached hydrogens (tertiary/aromatic N) is 1. The summed E-state index contributed by atoms with van der Waals surface area (Å²) >= 11 is 1.25. The van der Waals surface area contributed by atoms with Gasteiger partial charge in [0.2, 0.25) is 21.8 Å². The summed E-state index contributed by atoms with van der Waals surface area (Å²) in [5.41, 5.74) is 0.929. The second-order valence-electron chi connectivity index (χ2n) is 4.80. The van der Waals surface area contributed by atoms with Crippen molar-refractivity contribution in [3.63, 3.8) is 0 Å². The van der Waals surface area contributed by atoms with Crippen molar-refractivity contribution in [1.82, 2.24) is 15.0 Å². The van der Waals surface area contributed by atoms with Crippen molar-refractivity contribution < 1.29 is 18.0 Å². The molecule has 2 aromatic rings. The van der Waals surface area contributed by atoms with E-state index in [-0.39, 0.29) is 11.4 Å². The number of anilines is 1. The van der Waals surface area contributed by atoms with Crippen LogP contribution in [0.2, 0.25) is 0 Å². The number of hydrogen-bond donors (Lipinski definition) is 3. The summed E-state index contributed by atoms with van der Waals surface area (Å²) in [5.74, 6) is -1.06. The van der Waals surface area contributed by atoms with Crippen LogP contribution in [0.15, 0.2) is 40.7 Å². The lowest BCUT2D eigenvalue weighted by atomic mass is 10.2. The highest BCUT2D eigenvalue weighted by molar-refractivity contribution is 7.89. The maximum absolute atomic E-state index is 12.0. The maximum atomic E-state index is 12.0. The first-order valence-electron chi connectivity index (χ1n) is 6.89. The molecule has 1 aromatic carbocycles. The molecule has 0 saturated carbocycles. The fourth-order valence-corrected chi connectivity index (χ4v) is 3.18. The van der Waals surface area contributed by atoms with Gasteiger partial charge < -0.3 is 10.6 Å². The Labute approximate surface area is 143 Å². The van der Waals surface area contributed by atoms with Crippen LogP contribution in [0, 0.1) is 6.92 Å². The van der Waals surface area contributed by atoms with Crippen LogP contribution in [0.25, 0.3) is 0 Å². The smallest absolute Gasteiger partial charge is 0.245 e. The molecule has 0 spiro atoms. The standard InChI is InChI=1S/C14H16N4O4S2/c1-10-2-4-11(5-3-10)24(21,22)17-9-12(19)16-8-13(20)18-14-15-6-7-23-14/h2-7,17H,8-9H2,1H3,(H,16,19)(H,15,18,20). The van der Waals surface area contributed by atoms with E-state index in [4.69, 9.17) is 0 Å². The number of aryl methyl sites for hydroxylation is 1. The Bertz CT molecular complexity index is 802. The van der Waals surface area contributed by atoms with Gasteiger partial charge >= 0.3 is 0 Å². The number of carbonyl (C=O) groups excluding carboxylic acids is 2. The van der Waals surface area contributed by atoms with Crippen LogP contribution >= 0.6 is 11.3 Å². The highest BCUT2D eigenvalue weighted by atomic mass is 32.2. The molecule has 0 aliphatic rings. The molecule has 0 unspecified atom stereocenters. The number of aromatic nitrogens is 1. The van der Waals surface area contributed by atoms with E-state index < -0.39 is 28.4 Å². The highest BCUT2D eigenvalue weighted by Gasteiger charge is 2.15. The Balaban J connectivity index is 1.78. The summed E-state index contributed by atoms with van der Waals surface area (Å²) in [6, 6.07) is 6.24. The summed E-state index contributed by atoms with van der Waals surface area (Å²) in [4.78, 5) is 27.2. The quantitative estimate of drug-likeness (QED) is 0.657. The third-order valence-electron chi connectivity index (χ3n) is 2.88.